The molecular weight excluding hydrogens is 474 g/mol. The first-order valence-electron chi connectivity index (χ1n) is 14.3. The fourth-order valence-electron chi connectivity index (χ4n) is 7.36. The van der Waals surface area contributed by atoms with Crippen molar-refractivity contribution in [3.05, 3.63) is 59.3 Å². The van der Waals surface area contributed by atoms with Gasteiger partial charge in [-0.3, -0.25) is 9.69 Å². The molecule has 38 heavy (non-hydrogen) atoms. The fourth-order valence-corrected chi connectivity index (χ4v) is 7.36. The summed E-state index contributed by atoms with van der Waals surface area (Å²) in [6.45, 7) is 4.37. The third kappa shape index (κ3) is 3.89. The summed E-state index contributed by atoms with van der Waals surface area (Å²) in [5.74, 6) is 0.0140. The van der Waals surface area contributed by atoms with Gasteiger partial charge in [0.05, 0.1) is 16.8 Å². The van der Waals surface area contributed by atoms with E-state index in [-0.39, 0.29) is 0 Å². The van der Waals surface area contributed by atoms with Crippen LogP contribution in [0.25, 0.3) is 33.1 Å². The Labute approximate surface area is 222 Å². The molecule has 6 nitrogen and oxygen atoms in total. The normalized spacial score (nSPS) is 19.0. The number of hydrogen-bond donors (Lipinski definition) is 1. The van der Waals surface area contributed by atoms with E-state index in [2.05, 4.69) is 44.5 Å². The van der Waals surface area contributed by atoms with Gasteiger partial charge >= 0.3 is 5.97 Å². The third-order valence-corrected chi connectivity index (χ3v) is 9.19. The molecule has 2 aromatic carbocycles. The van der Waals surface area contributed by atoms with Crippen LogP contribution in [0.5, 0.6) is 0 Å². The molecule has 2 aromatic heterocycles. The van der Waals surface area contributed by atoms with Gasteiger partial charge < -0.3 is 14.2 Å². The lowest BCUT2D eigenvalue weighted by Crippen LogP contribution is -2.33. The predicted molar refractivity (Wildman–Crippen MR) is 150 cm³/mol. The molecule has 4 aromatic rings. The monoisotopic (exact) mass is 509 g/mol. The molecule has 196 valence electrons. The number of likely N-dealkylation sites (tertiary alicyclic amines) is 1. The van der Waals surface area contributed by atoms with Crippen LogP contribution in [0.1, 0.15) is 78.8 Å². The maximum absolute atomic E-state index is 11.9. The van der Waals surface area contributed by atoms with Crippen LogP contribution >= 0.6 is 0 Å². The summed E-state index contributed by atoms with van der Waals surface area (Å²) < 4.78 is 4.90. The topological polar surface area (TPSA) is 67.5 Å². The van der Waals surface area contributed by atoms with Crippen LogP contribution in [-0.2, 0) is 24.4 Å². The average molecular weight is 510 g/mol. The molecule has 1 saturated carbocycles. The number of rotatable bonds is 4. The Morgan fingerprint density at radius 2 is 1.74 bits per heavy atom. The molecule has 7 rings (SSSR count). The van der Waals surface area contributed by atoms with E-state index in [9.17, 15) is 14.7 Å². The number of aromatic nitrogens is 2. The number of ketones is 1. The van der Waals surface area contributed by atoms with Gasteiger partial charge in [0.25, 0.3) is 0 Å². The van der Waals surface area contributed by atoms with E-state index >= 15 is 0 Å². The van der Waals surface area contributed by atoms with Crippen molar-refractivity contribution in [2.24, 2.45) is 0 Å². The van der Waals surface area contributed by atoms with Crippen LogP contribution in [-0.4, -0.2) is 44.0 Å². The molecule has 1 saturated heterocycles. The number of carboxylic acid groups (broad SMARTS) is 1. The molecule has 0 radical (unpaired) electrons. The second kappa shape index (κ2) is 9.42. The molecule has 4 heterocycles. The smallest absolute Gasteiger partial charge is 0.335 e. The Hall–Kier alpha value is -3.38. The number of carbonyl (C=O) groups excluding carboxylic acids is 1. The van der Waals surface area contributed by atoms with Crippen molar-refractivity contribution in [3.8, 4) is 11.3 Å². The number of fused-ring (bicyclic) bond motifs is 4. The fraction of sp³-hybridized carbons (Fsp3) is 0.438. The number of hydrogen-bond acceptors (Lipinski definition) is 3. The number of benzene rings is 2. The van der Waals surface area contributed by atoms with E-state index in [0.717, 1.165) is 44.7 Å². The summed E-state index contributed by atoms with van der Waals surface area (Å²) >= 11 is 0. The van der Waals surface area contributed by atoms with E-state index in [4.69, 9.17) is 0 Å². The highest BCUT2D eigenvalue weighted by Gasteiger charge is 2.30. The van der Waals surface area contributed by atoms with Crippen LogP contribution in [0.4, 0.5) is 0 Å². The molecule has 0 spiro atoms. The summed E-state index contributed by atoms with van der Waals surface area (Å²) in [5.41, 5.74) is 8.07. The first-order valence-corrected chi connectivity index (χ1v) is 14.3. The number of carbonyl (C=O) groups is 2. The molecule has 0 atom stereocenters. The minimum Gasteiger partial charge on any atom is -0.478 e. The Bertz CT molecular complexity index is 1560. The highest BCUT2D eigenvalue weighted by Crippen LogP contribution is 2.47. The van der Waals surface area contributed by atoms with Gasteiger partial charge in [0, 0.05) is 73.6 Å². The van der Waals surface area contributed by atoms with Crippen LogP contribution in [0, 0.1) is 0 Å². The molecular formula is C32H35N3O3. The van der Waals surface area contributed by atoms with Crippen LogP contribution in [0.2, 0.25) is 0 Å². The zero-order chi connectivity index (χ0) is 25.8. The SMILES string of the molecule is O=C1CCN(Cc2cn3c4c(cccc24)-c2c(C4CCCCC4)c4ccc(C(=O)O)cc4n2CCC3)CC1. The second-order valence-electron chi connectivity index (χ2n) is 11.5. The molecule has 0 bridgehead atoms. The summed E-state index contributed by atoms with van der Waals surface area (Å²) in [5, 5.41) is 12.3. The summed E-state index contributed by atoms with van der Waals surface area (Å²) in [6, 6.07) is 12.5. The van der Waals surface area contributed by atoms with Gasteiger partial charge in [-0.2, -0.15) is 0 Å². The molecule has 0 unspecified atom stereocenters. The van der Waals surface area contributed by atoms with Crippen molar-refractivity contribution in [3.63, 3.8) is 0 Å². The Balaban J connectivity index is 1.44. The lowest BCUT2D eigenvalue weighted by Gasteiger charge is -2.25. The van der Waals surface area contributed by atoms with Crippen molar-refractivity contribution in [1.29, 1.82) is 0 Å². The van der Waals surface area contributed by atoms with Crippen molar-refractivity contribution in [2.45, 2.75) is 76.9 Å². The highest BCUT2D eigenvalue weighted by atomic mass is 16.4. The number of aromatic carboxylic acids is 1. The Morgan fingerprint density at radius 3 is 2.53 bits per heavy atom. The molecule has 2 aliphatic heterocycles. The number of nitrogens with zero attached hydrogens (tertiary/aromatic N) is 3. The summed E-state index contributed by atoms with van der Waals surface area (Å²) in [7, 11) is 0. The number of piperidine rings is 1. The maximum Gasteiger partial charge on any atom is 0.335 e. The van der Waals surface area contributed by atoms with Crippen LogP contribution in [0.15, 0.2) is 42.6 Å². The van der Waals surface area contributed by atoms with Gasteiger partial charge in [0.1, 0.15) is 5.78 Å². The van der Waals surface area contributed by atoms with Gasteiger partial charge in [0.2, 0.25) is 0 Å². The van der Waals surface area contributed by atoms with Crippen LogP contribution < -0.4 is 0 Å². The number of para-hydroxylation sites is 1. The standard InChI is InChI=1S/C32H35N3O3/c36-24-12-16-33(17-13-24)19-23-20-34-14-5-15-35-28-18-22(32(37)38)10-11-26(28)29(21-6-2-1-3-7-21)31(35)27-9-4-8-25(23)30(27)34/h4,8-11,18,20-21H,1-3,5-7,12-17,19H2,(H,37,38). The largest absolute Gasteiger partial charge is 0.478 e. The third-order valence-electron chi connectivity index (χ3n) is 9.19. The molecule has 0 amide bonds. The molecule has 3 aliphatic rings. The maximum atomic E-state index is 11.9. The minimum absolute atomic E-state index is 0.360. The van der Waals surface area contributed by atoms with Gasteiger partial charge in [-0.25, -0.2) is 4.79 Å². The first kappa shape index (κ1) is 23.7. The molecule has 2 fully saturated rings. The van der Waals surface area contributed by atoms with Gasteiger partial charge in [0.15, 0.2) is 0 Å². The van der Waals surface area contributed by atoms with Crippen molar-refractivity contribution >= 4 is 33.6 Å². The lowest BCUT2D eigenvalue weighted by atomic mass is 9.81. The second-order valence-corrected chi connectivity index (χ2v) is 11.5. The highest BCUT2D eigenvalue weighted by molar-refractivity contribution is 6.03. The minimum atomic E-state index is -0.868. The zero-order valence-corrected chi connectivity index (χ0v) is 21.9. The van der Waals surface area contributed by atoms with E-state index in [1.165, 1.54) is 70.8 Å². The van der Waals surface area contributed by atoms with E-state index < -0.39 is 5.97 Å². The predicted octanol–water partition coefficient (Wildman–Crippen LogP) is 6.58. The van der Waals surface area contributed by atoms with E-state index in [1.807, 2.05) is 6.07 Å². The van der Waals surface area contributed by atoms with E-state index in [1.54, 1.807) is 6.07 Å². The van der Waals surface area contributed by atoms with Crippen molar-refractivity contribution in [2.75, 3.05) is 13.1 Å². The molecule has 6 heteroatoms. The lowest BCUT2D eigenvalue weighted by molar-refractivity contribution is -0.121. The Kier molecular flexibility index (Phi) is 5.88. The zero-order valence-electron chi connectivity index (χ0n) is 21.9. The summed E-state index contributed by atoms with van der Waals surface area (Å²) in [4.78, 5) is 26.1. The van der Waals surface area contributed by atoms with Crippen LogP contribution in [0.3, 0.4) is 0 Å². The molecule has 1 aliphatic carbocycles. The molecule has 1 N–H and O–H groups in total. The van der Waals surface area contributed by atoms with Crippen molar-refractivity contribution < 1.29 is 14.7 Å². The number of Topliss-reactive ketones (excluding diaryl/α,β-unsaturated/α-hetero) is 1. The summed E-state index contributed by atoms with van der Waals surface area (Å²) in [6.07, 6.45) is 10.9. The van der Waals surface area contributed by atoms with Gasteiger partial charge in [-0.15, -0.1) is 0 Å². The Morgan fingerprint density at radius 1 is 0.921 bits per heavy atom. The number of aryl methyl sites for hydroxylation is 2. The van der Waals surface area contributed by atoms with Gasteiger partial charge in [-0.1, -0.05) is 43.5 Å². The van der Waals surface area contributed by atoms with Crippen molar-refractivity contribution in [1.82, 2.24) is 14.0 Å². The quantitative estimate of drug-likeness (QED) is 0.338. The average Bonchev–Trinajstić information content (AvgIpc) is 3.44. The van der Waals surface area contributed by atoms with Gasteiger partial charge in [-0.05, 0) is 48.4 Å². The first-order chi connectivity index (χ1) is 18.6. The van der Waals surface area contributed by atoms with E-state index in [0.29, 0.717) is 30.1 Å². The number of carboxylic acids is 1.